The van der Waals surface area contributed by atoms with Crippen molar-refractivity contribution < 1.29 is 13.7 Å². The molecule has 18 heavy (non-hydrogen) atoms. The van der Waals surface area contributed by atoms with Gasteiger partial charge >= 0.3 is 0 Å². The zero-order valence-corrected chi connectivity index (χ0v) is 10.3. The molecule has 0 atom stereocenters. The van der Waals surface area contributed by atoms with Crippen LogP contribution in [0.1, 0.15) is 11.7 Å². The first kappa shape index (κ1) is 14.4. The van der Waals surface area contributed by atoms with Crippen LogP contribution in [-0.4, -0.2) is 16.7 Å². The number of hydrogen-bond donors (Lipinski definition) is 1. The Morgan fingerprint density at radius 1 is 1.28 bits per heavy atom. The first-order chi connectivity index (χ1) is 8.28. The van der Waals surface area contributed by atoms with Crippen LogP contribution < -0.4 is 10.5 Å². The Hall–Kier alpha value is -1.66. The molecule has 0 bridgehead atoms. The van der Waals surface area contributed by atoms with Crippen molar-refractivity contribution in [2.75, 3.05) is 6.54 Å². The third kappa shape index (κ3) is 3.97. The summed E-state index contributed by atoms with van der Waals surface area (Å²) in [4.78, 5) is 4.08. The van der Waals surface area contributed by atoms with Crippen molar-refractivity contribution >= 4 is 12.4 Å². The predicted octanol–water partition coefficient (Wildman–Crippen LogP) is 1.71. The van der Waals surface area contributed by atoms with Crippen LogP contribution in [0.3, 0.4) is 0 Å². The molecule has 0 fully saturated rings. The average molecular weight is 274 g/mol. The third-order valence-electron chi connectivity index (χ3n) is 2.05. The van der Waals surface area contributed by atoms with Crippen molar-refractivity contribution in [3.8, 4) is 5.75 Å². The number of benzene rings is 1. The molecule has 0 amide bonds. The summed E-state index contributed by atoms with van der Waals surface area (Å²) in [7, 11) is 0. The van der Waals surface area contributed by atoms with E-state index < -0.39 is 0 Å². The van der Waals surface area contributed by atoms with Gasteiger partial charge in [-0.15, -0.1) is 12.4 Å². The van der Waals surface area contributed by atoms with E-state index >= 15 is 0 Å². The van der Waals surface area contributed by atoms with Gasteiger partial charge in [0.05, 0.1) is 0 Å². The minimum absolute atomic E-state index is 0. The van der Waals surface area contributed by atoms with Gasteiger partial charge in [-0.3, -0.25) is 0 Å². The van der Waals surface area contributed by atoms with Crippen LogP contribution in [-0.2, 0) is 13.0 Å². The SMILES string of the molecule is Cl.NCCc1noc(COc2ccc(F)cc2)n1. The lowest BCUT2D eigenvalue weighted by Gasteiger charge is -2.01. The molecule has 1 aromatic carbocycles. The largest absolute Gasteiger partial charge is 0.484 e. The topological polar surface area (TPSA) is 74.2 Å². The summed E-state index contributed by atoms with van der Waals surface area (Å²) in [6.07, 6.45) is 0.569. The molecule has 2 rings (SSSR count). The van der Waals surface area contributed by atoms with Crippen LogP contribution in [0.2, 0.25) is 0 Å². The van der Waals surface area contributed by atoms with Crippen LogP contribution in [0, 0.1) is 5.82 Å². The van der Waals surface area contributed by atoms with Gasteiger partial charge in [0.2, 0.25) is 0 Å². The zero-order valence-electron chi connectivity index (χ0n) is 9.51. The van der Waals surface area contributed by atoms with Crippen LogP contribution >= 0.6 is 12.4 Å². The molecular formula is C11H13ClFN3O2. The lowest BCUT2D eigenvalue weighted by Crippen LogP contribution is -2.04. The van der Waals surface area contributed by atoms with E-state index in [2.05, 4.69) is 10.1 Å². The van der Waals surface area contributed by atoms with E-state index in [1.54, 1.807) is 0 Å². The molecule has 0 radical (unpaired) electrons. The molecule has 0 aliphatic heterocycles. The van der Waals surface area contributed by atoms with E-state index in [9.17, 15) is 4.39 Å². The predicted molar refractivity (Wildman–Crippen MR) is 65.0 cm³/mol. The van der Waals surface area contributed by atoms with Crippen LogP contribution in [0.4, 0.5) is 4.39 Å². The number of nitrogens with zero attached hydrogens (tertiary/aromatic N) is 2. The highest BCUT2D eigenvalue weighted by Gasteiger charge is 2.06. The molecule has 0 aliphatic carbocycles. The van der Waals surface area contributed by atoms with E-state index in [1.807, 2.05) is 0 Å². The molecule has 0 spiro atoms. The van der Waals surface area contributed by atoms with Crippen molar-refractivity contribution in [3.05, 3.63) is 41.8 Å². The van der Waals surface area contributed by atoms with Gasteiger partial charge < -0.3 is 15.0 Å². The van der Waals surface area contributed by atoms with Gasteiger partial charge in [-0.2, -0.15) is 4.98 Å². The van der Waals surface area contributed by atoms with Crippen molar-refractivity contribution in [2.24, 2.45) is 5.73 Å². The van der Waals surface area contributed by atoms with Gasteiger partial charge in [0.15, 0.2) is 12.4 Å². The molecule has 0 saturated heterocycles. The lowest BCUT2D eigenvalue weighted by molar-refractivity contribution is 0.242. The van der Waals surface area contributed by atoms with Crippen molar-refractivity contribution in [1.29, 1.82) is 0 Å². The normalized spacial score (nSPS) is 9.89. The molecule has 2 aromatic rings. The van der Waals surface area contributed by atoms with Gasteiger partial charge in [0.25, 0.3) is 5.89 Å². The Balaban J connectivity index is 0.00000162. The minimum Gasteiger partial charge on any atom is -0.484 e. The summed E-state index contributed by atoms with van der Waals surface area (Å²) >= 11 is 0. The van der Waals surface area contributed by atoms with E-state index in [0.717, 1.165) is 0 Å². The van der Waals surface area contributed by atoms with E-state index in [4.69, 9.17) is 15.0 Å². The zero-order chi connectivity index (χ0) is 12.1. The lowest BCUT2D eigenvalue weighted by atomic mass is 10.3. The summed E-state index contributed by atoms with van der Waals surface area (Å²) in [5.41, 5.74) is 5.36. The molecule has 2 N–H and O–H groups in total. The second-order valence-electron chi connectivity index (χ2n) is 3.39. The van der Waals surface area contributed by atoms with Gasteiger partial charge in [0.1, 0.15) is 11.6 Å². The molecule has 98 valence electrons. The fourth-order valence-corrected chi connectivity index (χ4v) is 1.26. The van der Waals surface area contributed by atoms with Gasteiger partial charge in [0, 0.05) is 6.42 Å². The van der Waals surface area contributed by atoms with Crippen LogP contribution in [0.15, 0.2) is 28.8 Å². The standard InChI is InChI=1S/C11H12FN3O2.ClH/c12-8-1-3-9(4-2-8)16-7-11-14-10(5-6-13)15-17-11;/h1-4H,5-7,13H2;1H. The van der Waals surface area contributed by atoms with Gasteiger partial charge in [-0.1, -0.05) is 5.16 Å². The Morgan fingerprint density at radius 2 is 2.00 bits per heavy atom. The monoisotopic (exact) mass is 273 g/mol. The van der Waals surface area contributed by atoms with Crippen molar-refractivity contribution in [2.45, 2.75) is 13.0 Å². The van der Waals surface area contributed by atoms with Gasteiger partial charge in [-0.05, 0) is 30.8 Å². The molecule has 0 aliphatic rings. The highest BCUT2D eigenvalue weighted by molar-refractivity contribution is 5.85. The van der Waals surface area contributed by atoms with Crippen LogP contribution in [0.5, 0.6) is 5.75 Å². The summed E-state index contributed by atoms with van der Waals surface area (Å²) < 4.78 is 22.9. The second-order valence-corrected chi connectivity index (χ2v) is 3.39. The first-order valence-corrected chi connectivity index (χ1v) is 5.18. The Bertz CT molecular complexity index is 475. The van der Waals surface area contributed by atoms with Crippen LogP contribution in [0.25, 0.3) is 0 Å². The second kappa shape index (κ2) is 6.93. The minimum atomic E-state index is -0.305. The average Bonchev–Trinajstić information content (AvgIpc) is 2.77. The molecule has 5 nitrogen and oxygen atoms in total. The Labute approximate surface area is 110 Å². The molecular weight excluding hydrogens is 261 g/mol. The maximum atomic E-state index is 12.6. The number of ether oxygens (including phenoxy) is 1. The van der Waals surface area contributed by atoms with E-state index in [0.29, 0.717) is 30.4 Å². The molecule has 1 aromatic heterocycles. The first-order valence-electron chi connectivity index (χ1n) is 5.18. The fourth-order valence-electron chi connectivity index (χ4n) is 1.26. The number of hydrogen-bond acceptors (Lipinski definition) is 5. The van der Waals surface area contributed by atoms with Crippen molar-refractivity contribution in [1.82, 2.24) is 10.1 Å². The maximum Gasteiger partial charge on any atom is 0.264 e. The van der Waals surface area contributed by atoms with Crippen molar-refractivity contribution in [3.63, 3.8) is 0 Å². The fraction of sp³-hybridized carbons (Fsp3) is 0.273. The quantitative estimate of drug-likeness (QED) is 0.898. The highest BCUT2D eigenvalue weighted by Crippen LogP contribution is 2.12. The molecule has 0 saturated carbocycles. The smallest absolute Gasteiger partial charge is 0.264 e. The molecule has 1 heterocycles. The number of nitrogens with two attached hydrogens (primary N) is 1. The van der Waals surface area contributed by atoms with E-state index in [-0.39, 0.29) is 24.8 Å². The summed E-state index contributed by atoms with van der Waals surface area (Å²) in [5.74, 6) is 1.17. The highest BCUT2D eigenvalue weighted by atomic mass is 35.5. The third-order valence-corrected chi connectivity index (χ3v) is 2.05. The molecule has 0 unspecified atom stereocenters. The maximum absolute atomic E-state index is 12.6. The molecule has 7 heteroatoms. The number of rotatable bonds is 5. The summed E-state index contributed by atoms with van der Waals surface area (Å²) in [6.45, 7) is 0.626. The summed E-state index contributed by atoms with van der Waals surface area (Å²) in [5, 5.41) is 3.73. The Morgan fingerprint density at radius 3 is 2.67 bits per heavy atom. The number of aromatic nitrogens is 2. The van der Waals surface area contributed by atoms with E-state index in [1.165, 1.54) is 24.3 Å². The van der Waals surface area contributed by atoms with Gasteiger partial charge in [-0.25, -0.2) is 4.39 Å². The summed E-state index contributed by atoms with van der Waals surface area (Å²) in [6, 6.07) is 5.71. The number of halogens is 2. The Kier molecular flexibility index (Phi) is 5.54.